The quantitative estimate of drug-likeness (QED) is 0.0587. The number of benzene rings is 4. The minimum absolute atomic E-state index is 0.126. The lowest BCUT2D eigenvalue weighted by Crippen LogP contribution is -2.36. The van der Waals surface area contributed by atoms with Crippen LogP contribution in [0.25, 0.3) is 55.1 Å². The van der Waals surface area contributed by atoms with Crippen LogP contribution in [0.2, 0.25) is 5.02 Å². The molecule has 2 unspecified atom stereocenters. The maximum absolute atomic E-state index is 14.8. The minimum Gasteiger partial charge on any atom is -0.488 e. The van der Waals surface area contributed by atoms with Crippen molar-refractivity contribution in [2.75, 3.05) is 64.2 Å². The second-order valence-corrected chi connectivity index (χ2v) is 22.2. The molecule has 81 heavy (non-hydrogen) atoms. The van der Waals surface area contributed by atoms with Crippen LogP contribution < -0.4 is 42.0 Å². The molecule has 22 heteroatoms. The maximum atomic E-state index is 14.8. The Labute approximate surface area is 473 Å². The first kappa shape index (κ1) is 51.7. The van der Waals surface area contributed by atoms with E-state index in [-0.39, 0.29) is 34.3 Å². The first-order valence-corrected chi connectivity index (χ1v) is 28.5. The Kier molecular flexibility index (Phi) is 13.8. The van der Waals surface area contributed by atoms with Crippen molar-refractivity contribution in [3.05, 3.63) is 137 Å². The number of ether oxygens (including phenoxy) is 1. The molecule has 3 fully saturated rings. The van der Waals surface area contributed by atoms with Crippen LogP contribution >= 0.6 is 22.9 Å². The summed E-state index contributed by atoms with van der Waals surface area (Å²) in [5, 5.41) is 33.0. The van der Waals surface area contributed by atoms with Gasteiger partial charge < -0.3 is 47.1 Å². The van der Waals surface area contributed by atoms with E-state index in [9.17, 15) is 19.5 Å². The number of piperidine rings is 2. The number of thiophene rings is 1. The predicted octanol–water partition coefficient (Wildman–Crippen LogP) is 9.71. The van der Waals surface area contributed by atoms with Gasteiger partial charge in [0.15, 0.2) is 17.1 Å². The van der Waals surface area contributed by atoms with Crippen LogP contribution in [-0.2, 0) is 0 Å². The fraction of sp³-hybridized carbons (Fsp3) is 0.271. The van der Waals surface area contributed by atoms with Crippen LogP contribution in [-0.4, -0.2) is 107 Å². The number of aliphatic hydroxyl groups is 1. The van der Waals surface area contributed by atoms with E-state index in [1.165, 1.54) is 22.0 Å². The van der Waals surface area contributed by atoms with Crippen molar-refractivity contribution in [1.29, 1.82) is 0 Å². The van der Waals surface area contributed by atoms with Gasteiger partial charge >= 0.3 is 0 Å². The molecule has 2 aliphatic heterocycles. The van der Waals surface area contributed by atoms with Crippen molar-refractivity contribution < 1.29 is 24.2 Å². The molecular weight excluding hydrogens is 1070 g/mol. The summed E-state index contributed by atoms with van der Waals surface area (Å²) in [5.41, 5.74) is 19.2. The Morgan fingerprint density at radius 3 is 2.35 bits per heavy atom. The molecule has 1 aliphatic carbocycles. The maximum Gasteiger partial charge on any atom is 0.261 e. The Bertz CT molecular complexity index is 4090. The number of nitrogens with two attached hydrogens (primary N) is 2. The molecule has 0 radical (unpaired) electrons. The highest BCUT2D eigenvalue weighted by molar-refractivity contribution is 7.17. The molecule has 8 N–H and O–H groups in total. The van der Waals surface area contributed by atoms with Gasteiger partial charge in [-0.3, -0.25) is 14.4 Å². The van der Waals surface area contributed by atoms with Crippen LogP contribution in [0.1, 0.15) is 82.4 Å². The summed E-state index contributed by atoms with van der Waals surface area (Å²) in [6, 6.07) is 24.3. The van der Waals surface area contributed by atoms with Gasteiger partial charge in [-0.15, -0.1) is 11.3 Å². The zero-order chi connectivity index (χ0) is 55.3. The van der Waals surface area contributed by atoms with Gasteiger partial charge in [-0.1, -0.05) is 41.9 Å². The number of hydrogen-bond donors (Lipinski definition) is 6. The summed E-state index contributed by atoms with van der Waals surface area (Å²) in [6.07, 6.45) is 14.1. The Morgan fingerprint density at radius 2 is 1.54 bits per heavy atom. The average molecular weight is 1120 g/mol. The number of amides is 3. The van der Waals surface area contributed by atoms with E-state index in [0.717, 1.165) is 67.3 Å². The zero-order valence-electron chi connectivity index (χ0n) is 43.9. The Hall–Kier alpha value is -8.76. The molecule has 8 heterocycles. The standard InChI is InChI=1S/C59H56ClN15O5S/c60-41-28-44(68-58(78)40-32-81-49-31-65-54(70-51(40)49)52-50(56-63-17-7-21-74(56)71-52)59(79)67-43-11-6-10-42(62)53(43)73-19-4-1-5-20-73)47(72-22-15-33(29-61)16-23-72)27-38(41)46-14-18-64-55-39(30-66-75(46)55)57(77)69-45-24-34-8-2-3-9-35(34)25-48(45)80-37-13-12-36(76)26-37/h2-3,6-11,14,17-18,21,24-25,27-28,30-33,36-37,76H,1,4-5,12-13,15-16,19-20,22-23,26,29,61-62H2,(H,67,79)(H,68,78)(H,69,77). The number of nitrogen functional groups attached to an aromatic ring is 1. The third-order valence-corrected chi connectivity index (χ3v) is 16.9. The van der Waals surface area contributed by atoms with Crippen molar-refractivity contribution in [3.63, 3.8) is 0 Å². The lowest BCUT2D eigenvalue weighted by atomic mass is 9.96. The summed E-state index contributed by atoms with van der Waals surface area (Å²) in [5.74, 6) is -0.368. The highest BCUT2D eigenvalue weighted by atomic mass is 35.5. The molecule has 2 saturated heterocycles. The summed E-state index contributed by atoms with van der Waals surface area (Å²) in [6.45, 7) is 3.56. The topological polar surface area (TPSA) is 261 Å². The molecule has 410 valence electrons. The molecule has 3 amide bonds. The molecule has 0 spiro atoms. The van der Waals surface area contributed by atoms with E-state index in [1.54, 1.807) is 52.9 Å². The molecule has 1 saturated carbocycles. The van der Waals surface area contributed by atoms with Gasteiger partial charge in [0.05, 0.1) is 72.9 Å². The fourth-order valence-electron chi connectivity index (χ4n) is 11.5. The highest BCUT2D eigenvalue weighted by Gasteiger charge is 2.30. The molecule has 6 aromatic heterocycles. The molecule has 0 bridgehead atoms. The van der Waals surface area contributed by atoms with Gasteiger partial charge in [-0.05, 0) is 117 Å². The SMILES string of the molecule is NCC1CCN(c2cc(-c3ccnc4c(C(=O)Nc5cc6ccccc6cc5OC5CCC(O)C5)cnn34)c(Cl)cc2NC(=O)c2csc3cnc(-c4nn5cccnc5c4C(=O)Nc4cccc(N)c4N4CCCCC4)nc23)CC1. The van der Waals surface area contributed by atoms with Gasteiger partial charge in [0, 0.05) is 68.3 Å². The number of anilines is 6. The van der Waals surface area contributed by atoms with E-state index in [0.29, 0.717) is 111 Å². The fourth-order valence-corrected chi connectivity index (χ4v) is 12.6. The van der Waals surface area contributed by atoms with E-state index < -0.39 is 23.8 Å². The lowest BCUT2D eigenvalue weighted by Gasteiger charge is -2.34. The second-order valence-electron chi connectivity index (χ2n) is 20.9. The summed E-state index contributed by atoms with van der Waals surface area (Å²) >= 11 is 8.60. The second kappa shape index (κ2) is 21.7. The van der Waals surface area contributed by atoms with Crippen molar-refractivity contribution in [1.82, 2.24) is 39.2 Å². The van der Waals surface area contributed by atoms with Crippen LogP contribution in [0.3, 0.4) is 0 Å². The number of aromatic nitrogens is 8. The normalized spacial score (nSPS) is 16.9. The number of carbonyl (C=O) groups is 3. The number of rotatable bonds is 13. The molecule has 10 aromatic rings. The number of carbonyl (C=O) groups excluding carboxylic acids is 3. The molecular formula is C59H56ClN15O5S. The molecule has 2 atom stereocenters. The van der Waals surface area contributed by atoms with Gasteiger partial charge in [0.2, 0.25) is 0 Å². The average Bonchev–Trinajstić information content (AvgIpc) is 4.33. The number of aliphatic hydroxyl groups excluding tert-OH is 1. The number of hydrogen-bond acceptors (Lipinski definition) is 16. The number of halogens is 1. The largest absolute Gasteiger partial charge is 0.488 e. The van der Waals surface area contributed by atoms with Gasteiger partial charge in [0.1, 0.15) is 28.7 Å². The number of nitrogens with zero attached hydrogens (tertiary/aromatic N) is 10. The smallest absolute Gasteiger partial charge is 0.261 e. The summed E-state index contributed by atoms with van der Waals surface area (Å²) < 4.78 is 10.2. The van der Waals surface area contributed by atoms with Crippen LogP contribution in [0.5, 0.6) is 5.75 Å². The predicted molar refractivity (Wildman–Crippen MR) is 316 cm³/mol. The highest BCUT2D eigenvalue weighted by Crippen LogP contribution is 2.42. The van der Waals surface area contributed by atoms with Crippen LogP contribution in [0.4, 0.5) is 34.1 Å². The third kappa shape index (κ3) is 9.95. The first-order valence-electron chi connectivity index (χ1n) is 27.2. The van der Waals surface area contributed by atoms with Crippen LogP contribution in [0.15, 0.2) is 115 Å². The van der Waals surface area contributed by atoms with Crippen molar-refractivity contribution in [3.8, 4) is 28.5 Å². The lowest BCUT2D eigenvalue weighted by molar-refractivity contribution is 0.101. The van der Waals surface area contributed by atoms with Crippen molar-refractivity contribution in [2.24, 2.45) is 11.7 Å². The van der Waals surface area contributed by atoms with Gasteiger partial charge in [-0.25, -0.2) is 29.0 Å². The van der Waals surface area contributed by atoms with Crippen LogP contribution in [0, 0.1) is 5.92 Å². The minimum atomic E-state index is -0.470. The number of para-hydroxylation sites is 1. The molecule has 20 nitrogen and oxygen atoms in total. The van der Waals surface area contributed by atoms with E-state index in [1.807, 2.05) is 60.7 Å². The Morgan fingerprint density at radius 1 is 0.765 bits per heavy atom. The summed E-state index contributed by atoms with van der Waals surface area (Å²) in [4.78, 5) is 66.9. The zero-order valence-corrected chi connectivity index (χ0v) is 45.5. The molecule has 3 aliphatic rings. The van der Waals surface area contributed by atoms with E-state index in [4.69, 9.17) is 37.9 Å². The monoisotopic (exact) mass is 1120 g/mol. The summed E-state index contributed by atoms with van der Waals surface area (Å²) in [7, 11) is 0. The van der Waals surface area contributed by atoms with Crippen molar-refractivity contribution >= 4 is 107 Å². The van der Waals surface area contributed by atoms with Crippen molar-refractivity contribution in [2.45, 2.75) is 63.6 Å². The van der Waals surface area contributed by atoms with Gasteiger partial charge in [-0.2, -0.15) is 10.2 Å². The van der Waals surface area contributed by atoms with E-state index >= 15 is 0 Å². The number of fused-ring (bicyclic) bond motifs is 4. The Balaban J connectivity index is 0.815. The number of nitrogens with one attached hydrogen (secondary N) is 3. The van der Waals surface area contributed by atoms with Gasteiger partial charge in [0.25, 0.3) is 17.7 Å². The third-order valence-electron chi connectivity index (χ3n) is 15.7. The van der Waals surface area contributed by atoms with E-state index in [2.05, 4.69) is 45.8 Å². The molecule has 4 aromatic carbocycles. The first-order chi connectivity index (χ1) is 39.5. The molecule has 13 rings (SSSR count).